The van der Waals surface area contributed by atoms with E-state index in [1.165, 1.54) is 29.2 Å². The van der Waals surface area contributed by atoms with Crippen LogP contribution in [0, 0.1) is 5.82 Å². The number of aromatic nitrogens is 2. The summed E-state index contributed by atoms with van der Waals surface area (Å²) in [7, 11) is 0. The second-order valence-electron chi connectivity index (χ2n) is 6.49. The van der Waals surface area contributed by atoms with Gasteiger partial charge in [-0.2, -0.15) is 0 Å². The van der Waals surface area contributed by atoms with Crippen molar-refractivity contribution < 1.29 is 18.9 Å². The van der Waals surface area contributed by atoms with Crippen LogP contribution >= 0.6 is 0 Å². The molecule has 4 rings (SSSR count). The van der Waals surface area contributed by atoms with Crippen molar-refractivity contribution in [1.82, 2.24) is 9.97 Å². The van der Waals surface area contributed by atoms with Crippen LogP contribution in [0.4, 0.5) is 16.0 Å². The number of rotatable bonds is 3. The molecule has 0 unspecified atom stereocenters. The Labute approximate surface area is 150 Å². The predicted octanol–water partition coefficient (Wildman–Crippen LogP) is -0.347. The van der Waals surface area contributed by atoms with Crippen LogP contribution in [0.3, 0.4) is 0 Å². The van der Waals surface area contributed by atoms with E-state index in [1.54, 1.807) is 18.5 Å². The molecule has 1 aromatic carbocycles. The first-order valence-corrected chi connectivity index (χ1v) is 8.62. The summed E-state index contributed by atoms with van der Waals surface area (Å²) >= 11 is 0. The maximum absolute atomic E-state index is 13.1. The van der Waals surface area contributed by atoms with E-state index in [0.29, 0.717) is 11.6 Å². The van der Waals surface area contributed by atoms with Crippen LogP contribution in [0.25, 0.3) is 0 Å². The van der Waals surface area contributed by atoms with Gasteiger partial charge in [0.2, 0.25) is 11.9 Å². The molecule has 0 aliphatic carbocycles. The van der Waals surface area contributed by atoms with Crippen LogP contribution in [-0.4, -0.2) is 54.0 Å². The summed E-state index contributed by atoms with van der Waals surface area (Å²) in [6.07, 6.45) is 3.61. The normalized spacial score (nSPS) is 21.5. The maximum atomic E-state index is 13.1. The van der Waals surface area contributed by atoms with Crippen molar-refractivity contribution in [3.8, 4) is 0 Å². The second kappa shape index (κ2) is 6.80. The number of imide groups is 1. The van der Waals surface area contributed by atoms with Gasteiger partial charge in [-0.05, 0) is 30.3 Å². The van der Waals surface area contributed by atoms with E-state index >= 15 is 0 Å². The molecule has 26 heavy (non-hydrogen) atoms. The Kier molecular flexibility index (Phi) is 4.34. The Morgan fingerprint density at radius 2 is 1.69 bits per heavy atom. The molecule has 3 heterocycles. The van der Waals surface area contributed by atoms with Crippen LogP contribution in [0.2, 0.25) is 0 Å². The van der Waals surface area contributed by atoms with Gasteiger partial charge >= 0.3 is 0 Å². The zero-order valence-corrected chi connectivity index (χ0v) is 14.1. The first-order chi connectivity index (χ1) is 12.6. The van der Waals surface area contributed by atoms with Crippen LogP contribution in [0.15, 0.2) is 42.7 Å². The zero-order valence-electron chi connectivity index (χ0n) is 14.1. The fourth-order valence-electron chi connectivity index (χ4n) is 3.61. The summed E-state index contributed by atoms with van der Waals surface area (Å²) in [5.41, 5.74) is 0.430. The van der Waals surface area contributed by atoms with E-state index in [4.69, 9.17) is 0 Å². The van der Waals surface area contributed by atoms with Crippen LogP contribution < -0.4 is 14.7 Å². The molecule has 134 valence electrons. The van der Waals surface area contributed by atoms with E-state index in [0.717, 1.165) is 31.1 Å². The van der Waals surface area contributed by atoms with Gasteiger partial charge in [0.05, 0.1) is 38.3 Å². The van der Waals surface area contributed by atoms with Crippen molar-refractivity contribution in [3.63, 3.8) is 0 Å². The topological polar surface area (TPSA) is 70.8 Å². The highest BCUT2D eigenvalue weighted by molar-refractivity contribution is 6.21. The monoisotopic (exact) mass is 356 g/mol. The summed E-state index contributed by atoms with van der Waals surface area (Å²) < 4.78 is 13.1. The van der Waals surface area contributed by atoms with E-state index < -0.39 is 5.82 Å². The molecular weight excluding hydrogens is 337 g/mol. The van der Waals surface area contributed by atoms with Gasteiger partial charge in [-0.1, -0.05) is 0 Å². The number of hydrogen-bond acceptors (Lipinski definition) is 5. The predicted molar refractivity (Wildman–Crippen MR) is 92.2 cm³/mol. The first kappa shape index (κ1) is 16.6. The standard InChI is InChI=1S/C18H18FN5O2/c19-13-2-4-14(5-3-13)24-16(25)12-15(17(24)26)22-8-10-23(11-9-22)18-20-6-1-7-21-18/h1-7,15H,8-12H2/p+1/t15-/m1/s1. The van der Waals surface area contributed by atoms with Crippen molar-refractivity contribution in [2.45, 2.75) is 12.5 Å². The molecule has 1 N–H and O–H groups in total. The number of quaternary nitrogens is 1. The van der Waals surface area contributed by atoms with Crippen molar-refractivity contribution in [2.75, 3.05) is 36.0 Å². The van der Waals surface area contributed by atoms with Gasteiger partial charge in [0.15, 0.2) is 6.04 Å². The highest BCUT2D eigenvalue weighted by Crippen LogP contribution is 2.22. The Balaban J connectivity index is 1.44. The number of amides is 2. The first-order valence-electron chi connectivity index (χ1n) is 8.62. The number of piperazine rings is 1. The number of nitrogens with zero attached hydrogens (tertiary/aromatic N) is 4. The van der Waals surface area contributed by atoms with Crippen molar-refractivity contribution >= 4 is 23.5 Å². The number of carbonyl (C=O) groups is 2. The molecule has 1 atom stereocenters. The van der Waals surface area contributed by atoms with Gasteiger partial charge in [0.25, 0.3) is 5.91 Å². The molecule has 1 aromatic heterocycles. The molecule has 0 radical (unpaired) electrons. The maximum Gasteiger partial charge on any atom is 0.292 e. The average molecular weight is 356 g/mol. The second-order valence-corrected chi connectivity index (χ2v) is 6.49. The van der Waals surface area contributed by atoms with Gasteiger partial charge < -0.3 is 9.80 Å². The minimum Gasteiger partial charge on any atom is -0.330 e. The third-order valence-electron chi connectivity index (χ3n) is 4.96. The van der Waals surface area contributed by atoms with E-state index in [2.05, 4.69) is 14.9 Å². The fraction of sp³-hybridized carbons (Fsp3) is 0.333. The number of benzene rings is 1. The number of anilines is 2. The van der Waals surface area contributed by atoms with E-state index in [9.17, 15) is 14.0 Å². The van der Waals surface area contributed by atoms with Crippen molar-refractivity contribution in [3.05, 3.63) is 48.5 Å². The van der Waals surface area contributed by atoms with E-state index in [1.807, 2.05) is 0 Å². The van der Waals surface area contributed by atoms with Gasteiger partial charge in [0, 0.05) is 12.4 Å². The molecule has 0 spiro atoms. The molecule has 2 aliphatic rings. The number of nitrogens with one attached hydrogen (secondary N) is 1. The third-order valence-corrected chi connectivity index (χ3v) is 4.96. The number of hydrogen-bond donors (Lipinski definition) is 1. The molecule has 7 nitrogen and oxygen atoms in total. The Morgan fingerprint density at radius 3 is 2.35 bits per heavy atom. The van der Waals surface area contributed by atoms with E-state index in [-0.39, 0.29) is 24.3 Å². The highest BCUT2D eigenvalue weighted by atomic mass is 19.1. The lowest BCUT2D eigenvalue weighted by Gasteiger charge is -2.34. The summed E-state index contributed by atoms with van der Waals surface area (Å²) in [5, 5.41) is 0. The Hall–Kier alpha value is -2.87. The zero-order chi connectivity index (χ0) is 18.1. The van der Waals surface area contributed by atoms with Crippen molar-refractivity contribution in [1.29, 1.82) is 0 Å². The van der Waals surface area contributed by atoms with Crippen molar-refractivity contribution in [2.24, 2.45) is 0 Å². The summed E-state index contributed by atoms with van der Waals surface area (Å²) in [5.74, 6) is -0.142. The van der Waals surface area contributed by atoms with Crippen LogP contribution in [0.5, 0.6) is 0 Å². The molecule has 2 amide bonds. The lowest BCUT2D eigenvalue weighted by molar-refractivity contribution is -0.915. The van der Waals surface area contributed by atoms with Gasteiger partial charge in [0.1, 0.15) is 5.82 Å². The molecule has 2 saturated heterocycles. The summed E-state index contributed by atoms with van der Waals surface area (Å²) in [4.78, 5) is 38.1. The quantitative estimate of drug-likeness (QED) is 0.762. The highest BCUT2D eigenvalue weighted by Gasteiger charge is 2.46. The van der Waals surface area contributed by atoms with Gasteiger partial charge in [-0.3, -0.25) is 9.59 Å². The minimum atomic E-state index is -0.394. The molecular formula is C18H19FN5O2+. The largest absolute Gasteiger partial charge is 0.330 e. The minimum absolute atomic E-state index is 0.188. The Bertz CT molecular complexity index is 806. The molecule has 8 heteroatoms. The van der Waals surface area contributed by atoms with Crippen LogP contribution in [-0.2, 0) is 9.59 Å². The molecule has 0 bridgehead atoms. The third kappa shape index (κ3) is 3.03. The summed E-state index contributed by atoms with van der Waals surface area (Å²) in [6.45, 7) is 2.93. The number of halogens is 1. The SMILES string of the molecule is O=C1C[C@@H]([NH+]2CCN(c3ncccn3)CC2)C(=O)N1c1ccc(F)cc1. The molecule has 0 saturated carbocycles. The average Bonchev–Trinajstić information content (AvgIpc) is 2.98. The lowest BCUT2D eigenvalue weighted by Crippen LogP contribution is -3.19. The number of carbonyl (C=O) groups excluding carboxylic acids is 2. The molecule has 2 aromatic rings. The molecule has 2 fully saturated rings. The summed E-state index contributed by atoms with van der Waals surface area (Å²) in [6, 6.07) is 6.84. The van der Waals surface area contributed by atoms with Crippen LogP contribution in [0.1, 0.15) is 6.42 Å². The Morgan fingerprint density at radius 1 is 1.04 bits per heavy atom. The lowest BCUT2D eigenvalue weighted by atomic mass is 10.2. The van der Waals surface area contributed by atoms with Gasteiger partial charge in [-0.25, -0.2) is 19.3 Å². The molecule has 2 aliphatic heterocycles. The fourth-order valence-corrected chi connectivity index (χ4v) is 3.61. The smallest absolute Gasteiger partial charge is 0.292 e. The van der Waals surface area contributed by atoms with Gasteiger partial charge in [-0.15, -0.1) is 0 Å².